The average Bonchev–Trinajstić information content (AvgIpc) is 3.12. The Morgan fingerprint density at radius 3 is 2.43 bits per heavy atom. The molecular formula is C22H24N4OS. The normalized spacial score (nSPS) is 12.9. The van der Waals surface area contributed by atoms with Gasteiger partial charge in [0.15, 0.2) is 5.16 Å². The molecule has 4 aromatic rings. The maximum absolute atomic E-state index is 13.1. The summed E-state index contributed by atoms with van der Waals surface area (Å²) in [6.45, 7) is 7.13. The highest BCUT2D eigenvalue weighted by molar-refractivity contribution is 7.99. The molecule has 0 saturated heterocycles. The highest BCUT2D eigenvalue weighted by Crippen LogP contribution is 2.34. The van der Waals surface area contributed by atoms with Gasteiger partial charge in [-0.15, -0.1) is 10.2 Å². The number of aromatic nitrogens is 4. The van der Waals surface area contributed by atoms with E-state index in [1.54, 1.807) is 16.3 Å². The highest BCUT2D eigenvalue weighted by atomic mass is 32.2. The Kier molecular flexibility index (Phi) is 5.22. The molecule has 2 aromatic heterocycles. The summed E-state index contributed by atoms with van der Waals surface area (Å²) in [6.07, 6.45) is 0.920. The number of rotatable bonds is 6. The van der Waals surface area contributed by atoms with Crippen molar-refractivity contribution in [3.8, 4) is 0 Å². The minimum atomic E-state index is 0.00353. The highest BCUT2D eigenvalue weighted by Gasteiger charge is 2.19. The Hall–Kier alpha value is -2.60. The fraction of sp³-hybridized carbons (Fsp3) is 0.318. The van der Waals surface area contributed by atoms with Crippen molar-refractivity contribution in [1.29, 1.82) is 0 Å². The number of fused-ring (bicyclic) bond motifs is 3. The van der Waals surface area contributed by atoms with Crippen molar-refractivity contribution < 1.29 is 0 Å². The van der Waals surface area contributed by atoms with E-state index in [0.717, 1.165) is 17.1 Å². The summed E-state index contributed by atoms with van der Waals surface area (Å²) in [5.74, 6) is 1.13. The first-order valence-corrected chi connectivity index (χ1v) is 10.5. The molecule has 2 heterocycles. The summed E-state index contributed by atoms with van der Waals surface area (Å²) in [7, 11) is 0. The second-order valence-corrected chi connectivity index (χ2v) is 8.75. The van der Waals surface area contributed by atoms with Gasteiger partial charge in [0.2, 0.25) is 5.78 Å². The zero-order valence-electron chi connectivity index (χ0n) is 16.4. The Morgan fingerprint density at radius 2 is 1.68 bits per heavy atom. The fourth-order valence-electron chi connectivity index (χ4n) is 3.35. The van der Waals surface area contributed by atoms with Crippen LogP contribution in [0.5, 0.6) is 0 Å². The summed E-state index contributed by atoms with van der Waals surface area (Å²) >= 11 is 1.66. The number of benzene rings is 2. The molecule has 2 aromatic carbocycles. The molecule has 4 rings (SSSR count). The maximum atomic E-state index is 13.1. The van der Waals surface area contributed by atoms with Crippen LogP contribution < -0.4 is 5.56 Å². The molecule has 0 amide bonds. The van der Waals surface area contributed by atoms with Gasteiger partial charge in [-0.1, -0.05) is 68.1 Å². The molecule has 0 aliphatic rings. The van der Waals surface area contributed by atoms with Crippen LogP contribution >= 0.6 is 11.8 Å². The van der Waals surface area contributed by atoms with Gasteiger partial charge < -0.3 is 0 Å². The summed E-state index contributed by atoms with van der Waals surface area (Å²) < 4.78 is 3.80. The molecular weight excluding hydrogens is 368 g/mol. The van der Waals surface area contributed by atoms with Crippen LogP contribution in [0.25, 0.3) is 16.7 Å². The molecule has 144 valence electrons. The van der Waals surface area contributed by atoms with Gasteiger partial charge in [-0.2, -0.15) is 0 Å². The largest absolute Gasteiger partial charge is 0.276 e. The quantitative estimate of drug-likeness (QED) is 0.436. The number of thioether (sulfide) groups is 1. The molecule has 0 unspecified atom stereocenters. The second kappa shape index (κ2) is 7.80. The van der Waals surface area contributed by atoms with Gasteiger partial charge in [0.05, 0.1) is 10.9 Å². The van der Waals surface area contributed by atoms with Crippen LogP contribution in [-0.2, 0) is 6.54 Å². The predicted octanol–water partition coefficient (Wildman–Crippen LogP) is 4.94. The summed E-state index contributed by atoms with van der Waals surface area (Å²) in [6, 6.07) is 18.1. The number of nitrogens with zero attached hydrogens (tertiary/aromatic N) is 4. The van der Waals surface area contributed by atoms with Gasteiger partial charge in [-0.05, 0) is 37.0 Å². The Balaban J connectivity index is 1.86. The minimum absolute atomic E-state index is 0.00353. The zero-order valence-corrected chi connectivity index (χ0v) is 17.2. The van der Waals surface area contributed by atoms with Crippen LogP contribution in [0.1, 0.15) is 38.0 Å². The van der Waals surface area contributed by atoms with Gasteiger partial charge in [0, 0.05) is 11.8 Å². The van der Waals surface area contributed by atoms with E-state index in [-0.39, 0.29) is 10.8 Å². The maximum Gasteiger partial charge on any atom is 0.262 e. The molecule has 5 nitrogen and oxygen atoms in total. The summed E-state index contributed by atoms with van der Waals surface area (Å²) in [5.41, 5.74) is 2.10. The monoisotopic (exact) mass is 392 g/mol. The van der Waals surface area contributed by atoms with Crippen LogP contribution in [0.3, 0.4) is 0 Å². The lowest BCUT2D eigenvalue weighted by molar-refractivity contribution is 0.512. The summed E-state index contributed by atoms with van der Waals surface area (Å²) in [4.78, 5) is 13.1. The van der Waals surface area contributed by atoms with E-state index in [9.17, 15) is 4.79 Å². The van der Waals surface area contributed by atoms with Crippen molar-refractivity contribution in [3.05, 3.63) is 70.5 Å². The first-order valence-electron chi connectivity index (χ1n) is 9.64. The number of para-hydroxylation sites is 1. The van der Waals surface area contributed by atoms with Crippen molar-refractivity contribution >= 4 is 28.4 Å². The molecule has 0 aliphatic carbocycles. The van der Waals surface area contributed by atoms with Crippen LogP contribution in [-0.4, -0.2) is 19.2 Å². The van der Waals surface area contributed by atoms with Crippen molar-refractivity contribution in [1.82, 2.24) is 19.2 Å². The number of hydrogen-bond acceptors (Lipinski definition) is 4. The molecule has 1 atom stereocenters. The smallest absolute Gasteiger partial charge is 0.262 e. The SMILES string of the molecule is CC(C)CCn1c(=O)c2ccccc2n2c(S[C@@H](C)c3ccccc3)nnc12. The molecule has 0 bridgehead atoms. The molecule has 0 aliphatic heterocycles. The van der Waals surface area contributed by atoms with Crippen molar-refractivity contribution in [2.45, 2.75) is 44.1 Å². The van der Waals surface area contributed by atoms with E-state index >= 15 is 0 Å². The Labute approximate surface area is 168 Å². The second-order valence-electron chi connectivity index (χ2n) is 7.45. The van der Waals surface area contributed by atoms with Crippen molar-refractivity contribution in [3.63, 3.8) is 0 Å². The van der Waals surface area contributed by atoms with Gasteiger partial charge in [0.1, 0.15) is 0 Å². The van der Waals surface area contributed by atoms with Gasteiger partial charge in [-0.25, -0.2) is 0 Å². The van der Waals surface area contributed by atoms with Crippen molar-refractivity contribution in [2.75, 3.05) is 0 Å². The van der Waals surface area contributed by atoms with Gasteiger partial charge in [-0.3, -0.25) is 13.8 Å². The molecule has 0 saturated carbocycles. The van der Waals surface area contributed by atoms with Gasteiger partial charge >= 0.3 is 0 Å². The third kappa shape index (κ3) is 3.44. The number of aryl methyl sites for hydroxylation is 1. The van der Waals surface area contributed by atoms with E-state index in [0.29, 0.717) is 23.6 Å². The topological polar surface area (TPSA) is 52.2 Å². The molecule has 28 heavy (non-hydrogen) atoms. The molecule has 0 radical (unpaired) electrons. The fourth-order valence-corrected chi connectivity index (χ4v) is 4.33. The minimum Gasteiger partial charge on any atom is -0.276 e. The summed E-state index contributed by atoms with van der Waals surface area (Å²) in [5, 5.41) is 10.6. The molecule has 6 heteroatoms. The average molecular weight is 393 g/mol. The van der Waals surface area contributed by atoms with Crippen LogP contribution in [0.15, 0.2) is 64.5 Å². The van der Waals surface area contributed by atoms with Gasteiger partial charge in [0.25, 0.3) is 5.56 Å². The zero-order chi connectivity index (χ0) is 19.7. The third-order valence-corrected chi connectivity index (χ3v) is 6.06. The van der Waals surface area contributed by atoms with Crippen LogP contribution in [0.4, 0.5) is 0 Å². The number of hydrogen-bond donors (Lipinski definition) is 0. The predicted molar refractivity (Wildman–Crippen MR) is 115 cm³/mol. The lowest BCUT2D eigenvalue weighted by atomic mass is 10.1. The van der Waals surface area contributed by atoms with E-state index in [1.807, 2.05) is 46.9 Å². The third-order valence-electron chi connectivity index (χ3n) is 4.96. The van der Waals surface area contributed by atoms with Crippen LogP contribution in [0.2, 0.25) is 0 Å². The lowest BCUT2D eigenvalue weighted by Gasteiger charge is -2.14. The molecule has 0 spiro atoms. The van der Waals surface area contributed by atoms with Crippen LogP contribution in [0, 0.1) is 5.92 Å². The van der Waals surface area contributed by atoms with E-state index in [2.05, 4.69) is 43.1 Å². The molecule has 0 fully saturated rings. The van der Waals surface area contributed by atoms with E-state index < -0.39 is 0 Å². The first kappa shape index (κ1) is 18.7. The molecule has 0 N–H and O–H groups in total. The Bertz CT molecular complexity index is 1160. The van der Waals surface area contributed by atoms with E-state index in [4.69, 9.17) is 0 Å². The van der Waals surface area contributed by atoms with Crippen molar-refractivity contribution in [2.24, 2.45) is 5.92 Å². The standard InChI is InChI=1S/C22H24N4OS/c1-15(2)13-14-25-20(27)18-11-7-8-12-19(18)26-21(25)23-24-22(26)28-16(3)17-9-5-4-6-10-17/h4-12,15-16H,13-14H2,1-3H3/t16-/m0/s1. The Morgan fingerprint density at radius 1 is 0.964 bits per heavy atom. The van der Waals surface area contributed by atoms with E-state index in [1.165, 1.54) is 5.56 Å². The first-order chi connectivity index (χ1) is 13.6. The lowest BCUT2D eigenvalue weighted by Crippen LogP contribution is -2.24.